The van der Waals surface area contributed by atoms with Gasteiger partial charge in [0.15, 0.2) is 0 Å². The molecule has 0 saturated heterocycles. The summed E-state index contributed by atoms with van der Waals surface area (Å²) in [5.41, 5.74) is 0.261. The zero-order valence-corrected chi connectivity index (χ0v) is 11.8. The Bertz CT molecular complexity index is 405. The molecular weight excluding hydrogens is 266 g/mol. The van der Waals surface area contributed by atoms with Gasteiger partial charge >= 0.3 is 0 Å². The smallest absolute Gasteiger partial charge is 0.126 e. The van der Waals surface area contributed by atoms with Crippen molar-refractivity contribution in [1.29, 1.82) is 0 Å². The minimum Gasteiger partial charge on any atom is -0.392 e. The van der Waals surface area contributed by atoms with Crippen LogP contribution in [0, 0.1) is 11.6 Å². The maximum absolute atomic E-state index is 13.4. The number of hydrogen-bond acceptors (Lipinski definition) is 2. The van der Waals surface area contributed by atoms with E-state index in [0.29, 0.717) is 11.0 Å². The van der Waals surface area contributed by atoms with Gasteiger partial charge in [-0.2, -0.15) is 11.8 Å². The zero-order chi connectivity index (χ0) is 13.7. The predicted octanol–water partition coefficient (Wildman–Crippen LogP) is 3.93. The summed E-state index contributed by atoms with van der Waals surface area (Å²) < 4.78 is 26.5. The van der Waals surface area contributed by atoms with Gasteiger partial charge in [-0.15, -0.1) is 0 Å². The van der Waals surface area contributed by atoms with Crippen molar-refractivity contribution in [2.24, 2.45) is 0 Å². The van der Waals surface area contributed by atoms with Crippen molar-refractivity contribution in [1.82, 2.24) is 0 Å². The average Bonchev–Trinajstić information content (AvgIpc) is 2.42. The highest BCUT2D eigenvalue weighted by Gasteiger charge is 2.16. The van der Waals surface area contributed by atoms with Gasteiger partial charge in [0.05, 0.1) is 6.10 Å². The van der Waals surface area contributed by atoms with Crippen LogP contribution in [0.2, 0.25) is 0 Å². The summed E-state index contributed by atoms with van der Waals surface area (Å²) in [6.45, 7) is 0. The van der Waals surface area contributed by atoms with Gasteiger partial charge in [0.25, 0.3) is 0 Å². The quantitative estimate of drug-likeness (QED) is 0.885. The Labute approximate surface area is 117 Å². The van der Waals surface area contributed by atoms with Crippen molar-refractivity contribution in [3.63, 3.8) is 0 Å². The number of aliphatic hydroxyl groups is 1. The third-order valence-electron chi connectivity index (χ3n) is 3.54. The monoisotopic (exact) mass is 286 g/mol. The van der Waals surface area contributed by atoms with Crippen molar-refractivity contribution >= 4 is 11.8 Å². The summed E-state index contributed by atoms with van der Waals surface area (Å²) in [6.07, 6.45) is 5.86. The standard InChI is InChI=1S/C15H20F2OS/c16-12-6-7-15(17)11(8-12)9-13(18)10-19-14-4-2-1-3-5-14/h6-8,13-14,18H,1-5,9-10H2. The maximum Gasteiger partial charge on any atom is 0.126 e. The van der Waals surface area contributed by atoms with Gasteiger partial charge < -0.3 is 5.11 Å². The average molecular weight is 286 g/mol. The molecular formula is C15H20F2OS. The van der Waals surface area contributed by atoms with Gasteiger partial charge in [-0.3, -0.25) is 0 Å². The molecule has 1 fully saturated rings. The molecule has 0 aromatic heterocycles. The maximum atomic E-state index is 13.4. The molecule has 1 nitrogen and oxygen atoms in total. The number of rotatable bonds is 5. The van der Waals surface area contributed by atoms with Crippen LogP contribution in [0.25, 0.3) is 0 Å². The highest BCUT2D eigenvalue weighted by molar-refractivity contribution is 7.99. The number of hydrogen-bond donors (Lipinski definition) is 1. The van der Waals surface area contributed by atoms with E-state index in [-0.39, 0.29) is 12.0 Å². The molecule has 1 atom stereocenters. The van der Waals surface area contributed by atoms with E-state index in [1.54, 1.807) is 11.8 Å². The molecule has 0 bridgehead atoms. The second-order valence-electron chi connectivity index (χ2n) is 5.19. The molecule has 0 heterocycles. The van der Waals surface area contributed by atoms with Crippen molar-refractivity contribution in [2.75, 3.05) is 5.75 Å². The van der Waals surface area contributed by atoms with Gasteiger partial charge in [0.2, 0.25) is 0 Å². The second-order valence-corrected chi connectivity index (χ2v) is 6.52. The Morgan fingerprint density at radius 2 is 1.95 bits per heavy atom. The van der Waals surface area contributed by atoms with Crippen LogP contribution < -0.4 is 0 Å². The van der Waals surface area contributed by atoms with Gasteiger partial charge in [0.1, 0.15) is 11.6 Å². The first kappa shape index (κ1) is 14.8. The molecule has 19 heavy (non-hydrogen) atoms. The Hall–Kier alpha value is -0.610. The third-order valence-corrected chi connectivity index (χ3v) is 5.06. The Morgan fingerprint density at radius 1 is 1.21 bits per heavy atom. The summed E-state index contributed by atoms with van der Waals surface area (Å²) in [5, 5.41) is 10.6. The van der Waals surface area contributed by atoms with Crippen molar-refractivity contribution in [3.8, 4) is 0 Å². The summed E-state index contributed by atoms with van der Waals surface area (Å²) in [7, 11) is 0. The van der Waals surface area contributed by atoms with Gasteiger partial charge in [-0.05, 0) is 36.6 Å². The molecule has 106 valence electrons. The molecule has 2 rings (SSSR count). The Kier molecular flexibility index (Phi) is 5.64. The number of thioether (sulfide) groups is 1. The molecule has 1 saturated carbocycles. The molecule has 4 heteroatoms. The van der Waals surface area contributed by atoms with Crippen LogP contribution in [0.1, 0.15) is 37.7 Å². The van der Waals surface area contributed by atoms with E-state index in [4.69, 9.17) is 0 Å². The highest BCUT2D eigenvalue weighted by Crippen LogP contribution is 2.29. The van der Waals surface area contributed by atoms with Crippen LogP contribution in [-0.2, 0) is 6.42 Å². The molecule has 1 aromatic carbocycles. The van der Waals surface area contributed by atoms with Gasteiger partial charge in [-0.1, -0.05) is 19.3 Å². The minimum atomic E-state index is -0.608. The third kappa shape index (κ3) is 4.77. The van der Waals surface area contributed by atoms with Gasteiger partial charge in [0, 0.05) is 17.4 Å². The lowest BCUT2D eigenvalue weighted by Crippen LogP contribution is -2.18. The second kappa shape index (κ2) is 7.25. The summed E-state index contributed by atoms with van der Waals surface area (Å²) >= 11 is 1.77. The zero-order valence-electron chi connectivity index (χ0n) is 10.9. The van der Waals surface area contributed by atoms with Crippen LogP contribution in [-0.4, -0.2) is 22.2 Å². The van der Waals surface area contributed by atoms with E-state index in [0.717, 1.165) is 12.1 Å². The first-order valence-corrected chi connectivity index (χ1v) is 7.93. The highest BCUT2D eigenvalue weighted by atomic mass is 32.2. The van der Waals surface area contributed by atoms with Gasteiger partial charge in [-0.25, -0.2) is 8.78 Å². The summed E-state index contributed by atoms with van der Waals surface area (Å²) in [6, 6.07) is 3.39. The number of halogens is 2. The molecule has 1 aliphatic rings. The lowest BCUT2D eigenvalue weighted by atomic mass is 10.0. The first-order chi connectivity index (χ1) is 9.15. The van der Waals surface area contributed by atoms with Crippen LogP contribution in [0.15, 0.2) is 18.2 Å². The summed E-state index contributed by atoms with van der Waals surface area (Å²) in [4.78, 5) is 0. The largest absolute Gasteiger partial charge is 0.392 e. The Balaban J connectivity index is 1.80. The lowest BCUT2D eigenvalue weighted by Gasteiger charge is -2.22. The molecule has 0 amide bonds. The first-order valence-electron chi connectivity index (χ1n) is 6.89. The fourth-order valence-corrected chi connectivity index (χ4v) is 3.77. The van der Waals surface area contributed by atoms with E-state index in [1.807, 2.05) is 0 Å². The normalized spacial score (nSPS) is 18.5. The number of aliphatic hydroxyl groups excluding tert-OH is 1. The van der Waals surface area contributed by atoms with E-state index in [9.17, 15) is 13.9 Å². The fraction of sp³-hybridized carbons (Fsp3) is 0.600. The van der Waals surface area contributed by atoms with Crippen molar-refractivity contribution in [2.45, 2.75) is 49.9 Å². The van der Waals surface area contributed by atoms with E-state index in [1.165, 1.54) is 38.2 Å². The van der Waals surface area contributed by atoms with Crippen molar-refractivity contribution in [3.05, 3.63) is 35.4 Å². The van der Waals surface area contributed by atoms with E-state index < -0.39 is 17.7 Å². The van der Waals surface area contributed by atoms with Crippen LogP contribution in [0.5, 0.6) is 0 Å². The van der Waals surface area contributed by atoms with Crippen LogP contribution >= 0.6 is 11.8 Å². The van der Waals surface area contributed by atoms with E-state index >= 15 is 0 Å². The van der Waals surface area contributed by atoms with Crippen molar-refractivity contribution < 1.29 is 13.9 Å². The Morgan fingerprint density at radius 3 is 2.68 bits per heavy atom. The molecule has 0 radical (unpaired) electrons. The number of benzene rings is 1. The predicted molar refractivity (Wildman–Crippen MR) is 75.4 cm³/mol. The lowest BCUT2D eigenvalue weighted by molar-refractivity contribution is 0.198. The topological polar surface area (TPSA) is 20.2 Å². The fourth-order valence-electron chi connectivity index (χ4n) is 2.49. The molecule has 1 aromatic rings. The minimum absolute atomic E-state index is 0.184. The van der Waals surface area contributed by atoms with Crippen LogP contribution in [0.3, 0.4) is 0 Å². The van der Waals surface area contributed by atoms with Crippen LogP contribution in [0.4, 0.5) is 8.78 Å². The molecule has 1 unspecified atom stereocenters. The molecule has 1 N–H and O–H groups in total. The van der Waals surface area contributed by atoms with E-state index in [2.05, 4.69) is 0 Å². The molecule has 0 aliphatic heterocycles. The molecule has 1 aliphatic carbocycles. The summed E-state index contributed by atoms with van der Waals surface area (Å²) in [5.74, 6) is -0.299. The SMILES string of the molecule is OC(CSC1CCCCC1)Cc1cc(F)ccc1F. The molecule has 0 spiro atoms.